The van der Waals surface area contributed by atoms with Crippen molar-refractivity contribution in [3.8, 4) is 5.75 Å². The molecule has 0 atom stereocenters. The van der Waals surface area contributed by atoms with Crippen molar-refractivity contribution < 1.29 is 13.9 Å². The number of rotatable bonds is 5. The van der Waals surface area contributed by atoms with E-state index in [1.54, 1.807) is 25.6 Å². The second-order valence-electron chi connectivity index (χ2n) is 6.21. The maximum absolute atomic E-state index is 13.5. The number of thiazole rings is 1. The predicted octanol–water partition coefficient (Wildman–Crippen LogP) is 5.34. The number of pyridine rings is 1. The summed E-state index contributed by atoms with van der Waals surface area (Å²) in [4.78, 5) is 23.6. The van der Waals surface area contributed by atoms with Crippen LogP contribution in [0.15, 0.2) is 60.9 Å². The summed E-state index contributed by atoms with van der Waals surface area (Å²) >= 11 is 7.51. The first-order chi connectivity index (χ1) is 14.0. The van der Waals surface area contributed by atoms with Gasteiger partial charge in [0.2, 0.25) is 0 Å². The summed E-state index contributed by atoms with van der Waals surface area (Å²) in [6, 6.07) is 12.9. The van der Waals surface area contributed by atoms with E-state index < -0.39 is 5.82 Å². The monoisotopic (exact) mass is 427 g/mol. The number of aromatic nitrogens is 2. The van der Waals surface area contributed by atoms with E-state index in [0.29, 0.717) is 10.9 Å². The minimum atomic E-state index is -0.502. The number of carbonyl (C=O) groups is 1. The van der Waals surface area contributed by atoms with E-state index in [-0.39, 0.29) is 23.0 Å². The Morgan fingerprint density at radius 3 is 2.83 bits per heavy atom. The lowest BCUT2D eigenvalue weighted by Crippen LogP contribution is -2.30. The summed E-state index contributed by atoms with van der Waals surface area (Å²) in [6.45, 7) is 0.247. The molecule has 0 saturated heterocycles. The molecule has 0 aliphatic carbocycles. The second-order valence-corrected chi connectivity index (χ2v) is 7.62. The Hall–Kier alpha value is -3.03. The highest BCUT2D eigenvalue weighted by atomic mass is 35.5. The third-order valence-electron chi connectivity index (χ3n) is 4.29. The summed E-state index contributed by atoms with van der Waals surface area (Å²) in [5.41, 5.74) is 1.78. The normalized spacial score (nSPS) is 10.9. The Bertz CT molecular complexity index is 1180. The van der Waals surface area contributed by atoms with Crippen molar-refractivity contribution >= 4 is 44.2 Å². The zero-order valence-corrected chi connectivity index (χ0v) is 16.9. The lowest BCUT2D eigenvalue weighted by atomic mass is 10.2. The van der Waals surface area contributed by atoms with Gasteiger partial charge in [0, 0.05) is 12.4 Å². The van der Waals surface area contributed by atoms with Crippen molar-refractivity contribution in [2.24, 2.45) is 0 Å². The molecule has 0 unspecified atom stereocenters. The molecule has 0 saturated carbocycles. The van der Waals surface area contributed by atoms with Gasteiger partial charge in [-0.05, 0) is 48.0 Å². The van der Waals surface area contributed by atoms with Crippen LogP contribution in [0.5, 0.6) is 5.75 Å². The molecule has 2 aromatic heterocycles. The standard InChI is InChI=1S/C21H15ClFN3O2S/c1-28-15-5-7-18-19(10-15)29-21(25-18)26(12-13-3-2-8-24-11-13)20(27)16-6-4-14(23)9-17(16)22/h2-11H,12H2,1H3. The predicted molar refractivity (Wildman–Crippen MR) is 112 cm³/mol. The van der Waals surface area contributed by atoms with Gasteiger partial charge in [-0.3, -0.25) is 14.7 Å². The Balaban J connectivity index is 1.78. The Morgan fingerprint density at radius 2 is 2.10 bits per heavy atom. The fourth-order valence-corrected chi connectivity index (χ4v) is 4.08. The van der Waals surface area contributed by atoms with Crippen LogP contribution in [0.2, 0.25) is 5.02 Å². The maximum atomic E-state index is 13.5. The number of hydrogen-bond acceptors (Lipinski definition) is 5. The van der Waals surface area contributed by atoms with Crippen LogP contribution >= 0.6 is 22.9 Å². The van der Waals surface area contributed by atoms with E-state index >= 15 is 0 Å². The SMILES string of the molecule is COc1ccc2nc(N(Cc3cccnc3)C(=O)c3ccc(F)cc3Cl)sc2c1. The van der Waals surface area contributed by atoms with E-state index in [4.69, 9.17) is 16.3 Å². The Kier molecular flexibility index (Phi) is 5.42. The maximum Gasteiger partial charge on any atom is 0.261 e. The third kappa shape index (κ3) is 4.06. The summed E-state index contributed by atoms with van der Waals surface area (Å²) in [5, 5.41) is 0.552. The summed E-state index contributed by atoms with van der Waals surface area (Å²) < 4.78 is 19.6. The van der Waals surface area contributed by atoms with Gasteiger partial charge >= 0.3 is 0 Å². The van der Waals surface area contributed by atoms with Gasteiger partial charge in [0.15, 0.2) is 5.13 Å². The van der Waals surface area contributed by atoms with Crippen LogP contribution in [0.3, 0.4) is 0 Å². The van der Waals surface area contributed by atoms with Crippen LogP contribution < -0.4 is 9.64 Å². The third-order valence-corrected chi connectivity index (χ3v) is 5.64. The van der Waals surface area contributed by atoms with Crippen LogP contribution in [0.25, 0.3) is 10.2 Å². The second kappa shape index (κ2) is 8.14. The van der Waals surface area contributed by atoms with Crippen molar-refractivity contribution in [2.75, 3.05) is 12.0 Å². The van der Waals surface area contributed by atoms with Crippen LogP contribution in [-0.2, 0) is 6.54 Å². The van der Waals surface area contributed by atoms with E-state index in [0.717, 1.165) is 21.8 Å². The van der Waals surface area contributed by atoms with Crippen LogP contribution in [0, 0.1) is 5.82 Å². The van der Waals surface area contributed by atoms with Crippen molar-refractivity contribution in [1.29, 1.82) is 0 Å². The topological polar surface area (TPSA) is 55.3 Å². The van der Waals surface area contributed by atoms with Gasteiger partial charge in [-0.25, -0.2) is 9.37 Å². The number of nitrogens with zero attached hydrogens (tertiary/aromatic N) is 3. The number of anilines is 1. The Morgan fingerprint density at radius 1 is 1.24 bits per heavy atom. The number of ether oxygens (including phenoxy) is 1. The largest absolute Gasteiger partial charge is 0.497 e. The molecule has 8 heteroatoms. The van der Waals surface area contributed by atoms with Gasteiger partial charge in [0.25, 0.3) is 5.91 Å². The number of fused-ring (bicyclic) bond motifs is 1. The molecule has 1 amide bonds. The van der Waals surface area contributed by atoms with Crippen LogP contribution in [0.1, 0.15) is 15.9 Å². The summed E-state index contributed by atoms with van der Waals surface area (Å²) in [7, 11) is 1.60. The van der Waals surface area contributed by atoms with Crippen LogP contribution in [0.4, 0.5) is 9.52 Å². The highest BCUT2D eigenvalue weighted by Gasteiger charge is 2.24. The summed E-state index contributed by atoms with van der Waals surface area (Å²) in [5.74, 6) is -0.165. The van der Waals surface area contributed by atoms with E-state index in [1.165, 1.54) is 28.4 Å². The van der Waals surface area contributed by atoms with Gasteiger partial charge in [-0.15, -0.1) is 0 Å². The molecule has 4 rings (SSSR count). The molecule has 0 N–H and O–H groups in total. The average molecular weight is 428 g/mol. The minimum Gasteiger partial charge on any atom is -0.497 e. The van der Waals surface area contributed by atoms with Gasteiger partial charge in [-0.2, -0.15) is 0 Å². The lowest BCUT2D eigenvalue weighted by Gasteiger charge is -2.20. The Labute approximate surface area is 175 Å². The van der Waals surface area contributed by atoms with E-state index in [1.807, 2.05) is 24.3 Å². The zero-order chi connectivity index (χ0) is 20.4. The molecular formula is C21H15ClFN3O2S. The smallest absolute Gasteiger partial charge is 0.261 e. The molecule has 0 radical (unpaired) electrons. The molecule has 0 aliphatic heterocycles. The quantitative estimate of drug-likeness (QED) is 0.431. The van der Waals surface area contributed by atoms with Gasteiger partial charge < -0.3 is 4.74 Å². The molecule has 0 aliphatic rings. The molecular weight excluding hydrogens is 413 g/mol. The van der Waals surface area contributed by atoms with Crippen molar-refractivity contribution in [3.63, 3.8) is 0 Å². The molecule has 2 heterocycles. The molecule has 29 heavy (non-hydrogen) atoms. The number of carbonyl (C=O) groups excluding carboxylic acids is 1. The van der Waals surface area contributed by atoms with Crippen LogP contribution in [-0.4, -0.2) is 23.0 Å². The number of benzene rings is 2. The molecule has 2 aromatic carbocycles. The van der Waals surface area contributed by atoms with E-state index in [9.17, 15) is 9.18 Å². The fourth-order valence-electron chi connectivity index (χ4n) is 2.84. The highest BCUT2D eigenvalue weighted by Crippen LogP contribution is 2.33. The highest BCUT2D eigenvalue weighted by molar-refractivity contribution is 7.22. The molecule has 5 nitrogen and oxygen atoms in total. The van der Waals surface area contributed by atoms with Gasteiger partial charge in [0.05, 0.1) is 34.5 Å². The molecule has 0 fully saturated rings. The summed E-state index contributed by atoms with van der Waals surface area (Å²) in [6.07, 6.45) is 3.35. The van der Waals surface area contributed by atoms with Crippen molar-refractivity contribution in [3.05, 3.63) is 82.9 Å². The van der Waals surface area contributed by atoms with Crippen molar-refractivity contribution in [1.82, 2.24) is 9.97 Å². The minimum absolute atomic E-state index is 0.0500. The van der Waals surface area contributed by atoms with E-state index in [2.05, 4.69) is 9.97 Å². The number of halogens is 2. The number of amides is 1. The first-order valence-corrected chi connectivity index (χ1v) is 9.85. The molecule has 0 spiro atoms. The van der Waals surface area contributed by atoms with Gasteiger partial charge in [0.1, 0.15) is 11.6 Å². The lowest BCUT2D eigenvalue weighted by molar-refractivity contribution is 0.0985. The number of methoxy groups -OCH3 is 1. The first-order valence-electron chi connectivity index (χ1n) is 8.65. The zero-order valence-electron chi connectivity index (χ0n) is 15.3. The number of hydrogen-bond donors (Lipinski definition) is 0. The fraction of sp³-hybridized carbons (Fsp3) is 0.0952. The molecule has 0 bridgehead atoms. The first kappa shape index (κ1) is 19.3. The molecule has 4 aromatic rings. The van der Waals surface area contributed by atoms with Crippen molar-refractivity contribution in [2.45, 2.75) is 6.54 Å². The average Bonchev–Trinajstić information content (AvgIpc) is 3.15. The van der Waals surface area contributed by atoms with Gasteiger partial charge in [-0.1, -0.05) is 29.0 Å². The molecule has 146 valence electrons.